The van der Waals surface area contributed by atoms with Gasteiger partial charge >= 0.3 is 4.96 Å². The SMILES string of the molecule is CCc1n[n+]2c(C)cc(-c3ccccc3)nc2s1.[O-][Cl+3]([O-])([O-])[O-]. The second-order valence-corrected chi connectivity index (χ2v) is 6.37. The highest BCUT2D eigenvalue weighted by molar-refractivity contribution is 7.16. The van der Waals surface area contributed by atoms with Crippen molar-refractivity contribution in [3.63, 3.8) is 0 Å². The minimum absolute atomic E-state index is 0.953. The Labute approximate surface area is 138 Å². The summed E-state index contributed by atoms with van der Waals surface area (Å²) in [6.45, 7) is 4.19. The van der Waals surface area contributed by atoms with Gasteiger partial charge in [0, 0.05) is 25.0 Å². The molecule has 23 heavy (non-hydrogen) atoms. The van der Waals surface area contributed by atoms with Crippen LogP contribution in [0.2, 0.25) is 0 Å². The standard InChI is InChI=1S/C14H14N3S.ClHO4/c1-3-13-16-17-10(2)9-12(15-14(17)18-13)11-7-5-4-6-8-11;2-1(3,4)5/h4-9H,3H2,1-2H3;(H,2,3,4,5)/q+1;/p-1. The zero-order chi connectivity index (χ0) is 17.0. The number of hydrogen-bond donors (Lipinski definition) is 0. The summed E-state index contributed by atoms with van der Waals surface area (Å²) in [6.07, 6.45) is 0.953. The van der Waals surface area contributed by atoms with E-state index in [1.165, 1.54) is 0 Å². The molecule has 0 bridgehead atoms. The second kappa shape index (κ2) is 7.26. The fourth-order valence-electron chi connectivity index (χ4n) is 1.92. The van der Waals surface area contributed by atoms with Gasteiger partial charge in [0.2, 0.25) is 0 Å². The van der Waals surface area contributed by atoms with E-state index in [9.17, 15) is 0 Å². The average Bonchev–Trinajstić information content (AvgIpc) is 2.90. The van der Waals surface area contributed by atoms with Crippen LogP contribution in [-0.2, 0) is 6.42 Å². The molecule has 0 unspecified atom stereocenters. The quantitative estimate of drug-likeness (QED) is 0.493. The van der Waals surface area contributed by atoms with Crippen LogP contribution in [0.15, 0.2) is 36.4 Å². The van der Waals surface area contributed by atoms with Crippen LogP contribution in [0, 0.1) is 17.2 Å². The molecule has 0 aliphatic rings. The van der Waals surface area contributed by atoms with Gasteiger partial charge in [-0.2, -0.15) is 0 Å². The number of aryl methyl sites for hydroxylation is 2. The first kappa shape index (κ1) is 17.7. The second-order valence-electron chi connectivity index (χ2n) is 4.57. The van der Waals surface area contributed by atoms with Crippen molar-refractivity contribution < 1.29 is 33.4 Å². The van der Waals surface area contributed by atoms with E-state index in [0.717, 1.165) is 33.3 Å². The van der Waals surface area contributed by atoms with Crippen molar-refractivity contribution in [1.29, 1.82) is 0 Å². The Morgan fingerprint density at radius 3 is 2.30 bits per heavy atom. The molecule has 0 N–H and O–H groups in total. The lowest BCUT2D eigenvalue weighted by Gasteiger charge is -2.17. The molecule has 3 aromatic rings. The fraction of sp³-hybridized carbons (Fsp3) is 0.214. The smallest absolute Gasteiger partial charge is 0.222 e. The van der Waals surface area contributed by atoms with Gasteiger partial charge < -0.3 is 0 Å². The molecule has 0 aliphatic heterocycles. The maximum atomic E-state index is 8.49. The molecule has 0 spiro atoms. The van der Waals surface area contributed by atoms with Crippen LogP contribution in [0.1, 0.15) is 17.6 Å². The van der Waals surface area contributed by atoms with Gasteiger partial charge in [-0.25, -0.2) is 18.6 Å². The molecule has 2 heterocycles. The van der Waals surface area contributed by atoms with E-state index in [4.69, 9.17) is 23.6 Å². The zero-order valence-electron chi connectivity index (χ0n) is 12.4. The van der Waals surface area contributed by atoms with Gasteiger partial charge in [-0.1, -0.05) is 46.9 Å². The molecule has 7 nitrogen and oxygen atoms in total. The maximum absolute atomic E-state index is 8.49. The summed E-state index contributed by atoms with van der Waals surface area (Å²) in [6, 6.07) is 12.3. The highest BCUT2D eigenvalue weighted by atomic mass is 35.7. The first-order valence-corrected chi connectivity index (χ1v) is 8.69. The molecule has 0 radical (unpaired) electrons. The Bertz CT molecular complexity index is 784. The van der Waals surface area contributed by atoms with Crippen molar-refractivity contribution in [2.45, 2.75) is 20.3 Å². The summed E-state index contributed by atoms with van der Waals surface area (Å²) < 4.78 is 35.9. The van der Waals surface area contributed by atoms with Crippen LogP contribution in [0.4, 0.5) is 0 Å². The zero-order valence-corrected chi connectivity index (χ0v) is 14.0. The first-order chi connectivity index (χ1) is 10.8. The topological polar surface area (TPSA) is 122 Å². The molecule has 0 saturated carbocycles. The van der Waals surface area contributed by atoms with Gasteiger partial charge in [-0.3, -0.25) is 0 Å². The Hall–Kier alpha value is -1.68. The predicted molar refractivity (Wildman–Crippen MR) is 72.6 cm³/mol. The highest BCUT2D eigenvalue weighted by Gasteiger charge is 2.17. The molecule has 1 aromatic carbocycles. The van der Waals surface area contributed by atoms with Gasteiger partial charge in [0.1, 0.15) is 10.7 Å². The molecule has 3 rings (SSSR count). The summed E-state index contributed by atoms with van der Waals surface area (Å²) in [7, 11) is -4.94. The van der Waals surface area contributed by atoms with Crippen LogP contribution in [0.5, 0.6) is 0 Å². The van der Waals surface area contributed by atoms with E-state index in [1.54, 1.807) is 11.3 Å². The number of hydrogen-bond acceptors (Lipinski definition) is 7. The molecule has 9 heteroatoms. The first-order valence-electron chi connectivity index (χ1n) is 6.64. The number of nitrogens with zero attached hydrogens (tertiary/aromatic N) is 3. The third kappa shape index (κ3) is 5.17. The molecular formula is C14H14ClN3O4S. The normalized spacial score (nSPS) is 11.2. The van der Waals surface area contributed by atoms with E-state index in [1.807, 2.05) is 22.7 Å². The van der Waals surface area contributed by atoms with Gasteiger partial charge in [0.05, 0.1) is 0 Å². The highest BCUT2D eigenvalue weighted by Crippen LogP contribution is 2.19. The molecule has 0 aliphatic carbocycles. The monoisotopic (exact) mass is 355 g/mol. The molecule has 0 saturated heterocycles. The molecule has 122 valence electrons. The predicted octanol–water partition coefficient (Wildman–Crippen LogP) is -1.94. The van der Waals surface area contributed by atoms with Crippen LogP contribution in [-0.4, -0.2) is 10.1 Å². The Kier molecular flexibility index (Phi) is 5.58. The molecule has 0 atom stereocenters. The summed E-state index contributed by atoms with van der Waals surface area (Å²) in [5, 5.41) is 5.66. The van der Waals surface area contributed by atoms with Crippen molar-refractivity contribution in [3.8, 4) is 11.3 Å². The van der Waals surface area contributed by atoms with Crippen molar-refractivity contribution in [2.24, 2.45) is 0 Å². The summed E-state index contributed by atoms with van der Waals surface area (Å²) in [5.41, 5.74) is 3.28. The van der Waals surface area contributed by atoms with Crippen molar-refractivity contribution in [3.05, 3.63) is 47.1 Å². The number of benzene rings is 1. The number of aromatic nitrogens is 3. The maximum Gasteiger partial charge on any atom is 0.410 e. The number of rotatable bonds is 2. The molecule has 2 aromatic heterocycles. The lowest BCUT2D eigenvalue weighted by molar-refractivity contribution is -2.00. The van der Waals surface area contributed by atoms with Crippen molar-refractivity contribution in [2.75, 3.05) is 0 Å². The minimum atomic E-state index is -4.94. The average molecular weight is 356 g/mol. The lowest BCUT2D eigenvalue weighted by atomic mass is 10.1. The molecule has 0 fully saturated rings. The Balaban J connectivity index is 0.000000338. The Morgan fingerprint density at radius 2 is 1.74 bits per heavy atom. The van der Waals surface area contributed by atoms with E-state index in [2.05, 4.69) is 37.1 Å². The summed E-state index contributed by atoms with van der Waals surface area (Å²) in [5.74, 6) is 0. The van der Waals surface area contributed by atoms with Crippen LogP contribution >= 0.6 is 11.3 Å². The number of halogens is 1. The van der Waals surface area contributed by atoms with E-state index >= 15 is 0 Å². The van der Waals surface area contributed by atoms with E-state index in [-0.39, 0.29) is 0 Å². The minimum Gasteiger partial charge on any atom is -0.222 e. The molecular weight excluding hydrogens is 342 g/mol. The van der Waals surface area contributed by atoms with Gasteiger partial charge in [-0.05, 0) is 16.3 Å². The van der Waals surface area contributed by atoms with Crippen molar-refractivity contribution in [1.82, 2.24) is 10.1 Å². The lowest BCUT2D eigenvalue weighted by Crippen LogP contribution is -2.68. The van der Waals surface area contributed by atoms with Gasteiger partial charge in [0.25, 0.3) is 0 Å². The Morgan fingerprint density at radius 1 is 1.13 bits per heavy atom. The summed E-state index contributed by atoms with van der Waals surface area (Å²) in [4.78, 5) is 5.66. The largest absolute Gasteiger partial charge is 0.410 e. The van der Waals surface area contributed by atoms with Crippen molar-refractivity contribution >= 4 is 16.3 Å². The summed E-state index contributed by atoms with van der Waals surface area (Å²) >= 11 is 1.66. The van der Waals surface area contributed by atoms with E-state index < -0.39 is 10.2 Å². The van der Waals surface area contributed by atoms with Crippen LogP contribution in [0.3, 0.4) is 0 Å². The van der Waals surface area contributed by atoms with Crippen LogP contribution < -0.4 is 23.2 Å². The third-order valence-corrected chi connectivity index (χ3v) is 3.92. The van der Waals surface area contributed by atoms with Crippen LogP contribution in [0.25, 0.3) is 16.2 Å². The molecule has 0 amide bonds. The van der Waals surface area contributed by atoms with E-state index in [0.29, 0.717) is 0 Å². The van der Waals surface area contributed by atoms with Gasteiger partial charge in [-0.15, -0.1) is 10.2 Å². The van der Waals surface area contributed by atoms with Gasteiger partial charge in [0.15, 0.2) is 5.69 Å². The number of fused-ring (bicyclic) bond motifs is 1. The third-order valence-electron chi connectivity index (χ3n) is 2.87. The fourth-order valence-corrected chi connectivity index (χ4v) is 2.81.